The van der Waals surface area contributed by atoms with Gasteiger partial charge in [0.2, 0.25) is 0 Å². The van der Waals surface area contributed by atoms with Crippen LogP contribution in [0.1, 0.15) is 42.1 Å². The molecular formula is C12H18N2O3. The van der Waals surface area contributed by atoms with Crippen molar-refractivity contribution in [2.45, 2.75) is 39.2 Å². The van der Waals surface area contributed by atoms with Gasteiger partial charge in [-0.3, -0.25) is 4.79 Å². The van der Waals surface area contributed by atoms with E-state index < -0.39 is 12.0 Å². The number of aryl methyl sites for hydroxylation is 1. The number of nitrogens with one attached hydrogen (secondary N) is 2. The fourth-order valence-corrected chi connectivity index (χ4v) is 1.59. The van der Waals surface area contributed by atoms with Gasteiger partial charge in [-0.25, -0.2) is 4.79 Å². The second kappa shape index (κ2) is 6.08. The number of aromatic amines is 1. The topological polar surface area (TPSA) is 82.2 Å². The molecule has 0 radical (unpaired) electrons. The molecule has 1 aromatic heterocycles. The normalized spacial score (nSPS) is 12.1. The van der Waals surface area contributed by atoms with Gasteiger partial charge in [0.05, 0.1) is 5.56 Å². The quantitative estimate of drug-likeness (QED) is 0.705. The highest BCUT2D eigenvalue weighted by molar-refractivity contribution is 5.97. The van der Waals surface area contributed by atoms with E-state index in [9.17, 15) is 9.59 Å². The fraction of sp³-hybridized carbons (Fsp3) is 0.500. The highest BCUT2D eigenvalue weighted by atomic mass is 16.4. The molecule has 94 valence electrons. The minimum absolute atomic E-state index is 0.341. The second-order valence-corrected chi connectivity index (χ2v) is 4.06. The van der Waals surface area contributed by atoms with E-state index in [0.717, 1.165) is 18.4 Å². The minimum atomic E-state index is -0.986. The van der Waals surface area contributed by atoms with Crippen LogP contribution in [0, 0.1) is 6.92 Å². The summed E-state index contributed by atoms with van der Waals surface area (Å²) < 4.78 is 0. The average molecular weight is 238 g/mol. The van der Waals surface area contributed by atoms with Gasteiger partial charge in [0.25, 0.3) is 5.91 Å². The Morgan fingerprint density at radius 3 is 2.65 bits per heavy atom. The van der Waals surface area contributed by atoms with E-state index in [1.54, 1.807) is 19.3 Å². The molecule has 5 heteroatoms. The summed E-state index contributed by atoms with van der Waals surface area (Å²) in [7, 11) is 0. The minimum Gasteiger partial charge on any atom is -0.480 e. The van der Waals surface area contributed by atoms with E-state index >= 15 is 0 Å². The van der Waals surface area contributed by atoms with Gasteiger partial charge in [-0.15, -0.1) is 0 Å². The number of carboxylic acid groups (broad SMARTS) is 1. The number of unbranched alkanes of at least 4 members (excludes halogenated alkanes) is 1. The van der Waals surface area contributed by atoms with Crippen LogP contribution in [0.5, 0.6) is 0 Å². The Labute approximate surface area is 100 Å². The van der Waals surface area contributed by atoms with E-state index in [-0.39, 0.29) is 5.91 Å². The van der Waals surface area contributed by atoms with Crippen molar-refractivity contribution in [3.8, 4) is 0 Å². The van der Waals surface area contributed by atoms with Gasteiger partial charge in [-0.1, -0.05) is 19.8 Å². The standard InChI is InChI=1S/C12H18N2O3/c1-3-4-5-10(12(16)17)14-11(15)9-7-13-6-8(9)2/h6-7,10,13H,3-5H2,1-2H3,(H,14,15)(H,16,17). The number of rotatable bonds is 6. The van der Waals surface area contributed by atoms with E-state index in [1.165, 1.54) is 0 Å². The molecule has 1 aromatic rings. The van der Waals surface area contributed by atoms with Crippen molar-refractivity contribution >= 4 is 11.9 Å². The van der Waals surface area contributed by atoms with Crippen LogP contribution in [0.25, 0.3) is 0 Å². The van der Waals surface area contributed by atoms with Gasteiger partial charge in [0.15, 0.2) is 0 Å². The zero-order valence-corrected chi connectivity index (χ0v) is 10.1. The molecule has 5 nitrogen and oxygen atoms in total. The molecule has 0 saturated carbocycles. The number of hydrogen-bond donors (Lipinski definition) is 3. The van der Waals surface area contributed by atoms with Crippen LogP contribution < -0.4 is 5.32 Å². The maximum atomic E-state index is 11.8. The van der Waals surface area contributed by atoms with Crippen LogP contribution in [-0.2, 0) is 4.79 Å². The van der Waals surface area contributed by atoms with E-state index in [2.05, 4.69) is 10.3 Å². The van der Waals surface area contributed by atoms with Gasteiger partial charge in [0, 0.05) is 12.4 Å². The molecular weight excluding hydrogens is 220 g/mol. The number of carbonyl (C=O) groups is 2. The molecule has 1 amide bonds. The van der Waals surface area contributed by atoms with Gasteiger partial charge < -0.3 is 15.4 Å². The fourth-order valence-electron chi connectivity index (χ4n) is 1.59. The highest BCUT2D eigenvalue weighted by Crippen LogP contribution is 2.07. The predicted octanol–water partition coefficient (Wildman–Crippen LogP) is 1.70. The smallest absolute Gasteiger partial charge is 0.326 e. The Morgan fingerprint density at radius 1 is 1.47 bits per heavy atom. The summed E-state index contributed by atoms with van der Waals surface area (Å²) in [5, 5.41) is 11.5. The van der Waals surface area contributed by atoms with Crippen molar-refractivity contribution in [3.63, 3.8) is 0 Å². The second-order valence-electron chi connectivity index (χ2n) is 4.06. The summed E-state index contributed by atoms with van der Waals surface area (Å²) in [5.41, 5.74) is 1.30. The van der Waals surface area contributed by atoms with E-state index in [1.807, 2.05) is 6.92 Å². The molecule has 0 spiro atoms. The number of aromatic nitrogens is 1. The first-order valence-corrected chi connectivity index (χ1v) is 5.73. The SMILES string of the molecule is CCCCC(NC(=O)c1c[nH]cc1C)C(=O)O. The number of H-pyrrole nitrogens is 1. The summed E-state index contributed by atoms with van der Waals surface area (Å²) in [6, 6.07) is -0.809. The van der Waals surface area contributed by atoms with Crippen LogP contribution in [-0.4, -0.2) is 28.0 Å². The molecule has 1 rings (SSSR count). The molecule has 0 saturated heterocycles. The lowest BCUT2D eigenvalue weighted by molar-refractivity contribution is -0.139. The molecule has 0 fully saturated rings. The molecule has 1 atom stereocenters. The molecule has 0 bridgehead atoms. The van der Waals surface area contributed by atoms with Crippen LogP contribution in [0.3, 0.4) is 0 Å². The van der Waals surface area contributed by atoms with Gasteiger partial charge in [0.1, 0.15) is 6.04 Å². The maximum absolute atomic E-state index is 11.8. The molecule has 17 heavy (non-hydrogen) atoms. The number of amides is 1. The Balaban J connectivity index is 2.64. The van der Waals surface area contributed by atoms with Crippen molar-refractivity contribution in [1.82, 2.24) is 10.3 Å². The van der Waals surface area contributed by atoms with Crippen molar-refractivity contribution < 1.29 is 14.7 Å². The van der Waals surface area contributed by atoms with Crippen LogP contribution >= 0.6 is 0 Å². The molecule has 1 heterocycles. The largest absolute Gasteiger partial charge is 0.480 e. The Morgan fingerprint density at radius 2 is 2.18 bits per heavy atom. The average Bonchev–Trinajstić information content (AvgIpc) is 2.70. The lowest BCUT2D eigenvalue weighted by Crippen LogP contribution is -2.40. The molecule has 0 aromatic carbocycles. The molecule has 0 aliphatic rings. The number of carbonyl (C=O) groups excluding carboxylic acids is 1. The maximum Gasteiger partial charge on any atom is 0.326 e. The van der Waals surface area contributed by atoms with E-state index in [4.69, 9.17) is 5.11 Å². The number of aliphatic carboxylic acids is 1. The molecule has 3 N–H and O–H groups in total. The van der Waals surface area contributed by atoms with Crippen molar-refractivity contribution in [2.24, 2.45) is 0 Å². The summed E-state index contributed by atoms with van der Waals surface area (Å²) in [6.45, 7) is 3.78. The Hall–Kier alpha value is -1.78. The van der Waals surface area contributed by atoms with Gasteiger partial charge >= 0.3 is 5.97 Å². The Bertz CT molecular complexity index is 398. The zero-order chi connectivity index (χ0) is 12.8. The summed E-state index contributed by atoms with van der Waals surface area (Å²) in [6.07, 6.45) is 5.42. The molecule has 0 aliphatic carbocycles. The Kier molecular flexibility index (Phi) is 4.75. The third-order valence-electron chi connectivity index (χ3n) is 2.65. The van der Waals surface area contributed by atoms with Gasteiger partial charge in [-0.2, -0.15) is 0 Å². The first kappa shape index (κ1) is 13.3. The van der Waals surface area contributed by atoms with Crippen LogP contribution in [0.15, 0.2) is 12.4 Å². The van der Waals surface area contributed by atoms with Crippen molar-refractivity contribution in [2.75, 3.05) is 0 Å². The first-order chi connectivity index (χ1) is 8.06. The summed E-state index contributed by atoms with van der Waals surface area (Å²) >= 11 is 0. The zero-order valence-electron chi connectivity index (χ0n) is 10.1. The lowest BCUT2D eigenvalue weighted by atomic mass is 10.1. The lowest BCUT2D eigenvalue weighted by Gasteiger charge is -2.13. The van der Waals surface area contributed by atoms with Crippen LogP contribution in [0.2, 0.25) is 0 Å². The highest BCUT2D eigenvalue weighted by Gasteiger charge is 2.20. The third kappa shape index (κ3) is 3.62. The van der Waals surface area contributed by atoms with Crippen LogP contribution in [0.4, 0.5) is 0 Å². The molecule has 0 aliphatic heterocycles. The summed E-state index contributed by atoms with van der Waals surface area (Å²) in [5.74, 6) is -1.33. The van der Waals surface area contributed by atoms with Crippen molar-refractivity contribution in [3.05, 3.63) is 23.5 Å². The monoisotopic (exact) mass is 238 g/mol. The third-order valence-corrected chi connectivity index (χ3v) is 2.65. The molecule has 1 unspecified atom stereocenters. The predicted molar refractivity (Wildman–Crippen MR) is 63.9 cm³/mol. The number of hydrogen-bond acceptors (Lipinski definition) is 2. The first-order valence-electron chi connectivity index (χ1n) is 5.73. The number of carboxylic acids is 1. The summed E-state index contributed by atoms with van der Waals surface area (Å²) in [4.78, 5) is 25.6. The van der Waals surface area contributed by atoms with Crippen molar-refractivity contribution in [1.29, 1.82) is 0 Å². The van der Waals surface area contributed by atoms with E-state index in [0.29, 0.717) is 12.0 Å². The van der Waals surface area contributed by atoms with Gasteiger partial charge in [-0.05, 0) is 18.9 Å².